The molecule has 0 aromatic carbocycles. The van der Waals surface area contributed by atoms with Crippen LogP contribution in [0, 0.1) is 35.5 Å². The molecule has 3 aliphatic rings. The second-order valence-corrected chi connectivity index (χ2v) is 9.99. The van der Waals surface area contributed by atoms with Crippen LogP contribution >= 0.6 is 0 Å². The maximum absolute atomic E-state index is 11.1. The van der Waals surface area contributed by atoms with Crippen LogP contribution in [0.25, 0.3) is 0 Å². The lowest BCUT2D eigenvalue weighted by molar-refractivity contribution is -0.182. The molecule has 3 rings (SSSR count). The molecule has 0 radical (unpaired) electrons. The number of hydrogen-bond acceptors (Lipinski definition) is 4. The highest BCUT2D eigenvalue weighted by atomic mass is 16.5. The monoisotopic (exact) mass is 446 g/mol. The standard InChI is InChI=1S/C27H42O5/c1-3-5-18-32-27-17-16-24(29)21(14-15-23(28)19-10-7-6-8-11-19)26(27)20(4-2)22(27)12-9-13-25(30)31/h12,19-21,23-24,26,28-29H,3-11,13,16-18H2,1-2H3,(H,30,31)/t20?,21-,23?,24+,26+,27-/m1/s1. The second-order valence-electron chi connectivity index (χ2n) is 9.99. The van der Waals surface area contributed by atoms with Crippen LogP contribution in [0.2, 0.25) is 0 Å². The molecule has 0 aromatic rings. The summed E-state index contributed by atoms with van der Waals surface area (Å²) in [5.41, 5.74) is 0.775. The lowest BCUT2D eigenvalue weighted by Gasteiger charge is -2.62. The summed E-state index contributed by atoms with van der Waals surface area (Å²) in [5, 5.41) is 30.7. The van der Waals surface area contributed by atoms with E-state index >= 15 is 0 Å². The Hall–Kier alpha value is -1.35. The SMILES string of the molecule is CCCCO[C@@]12CC[C@H](O)[C@@H](C#CC(O)C3CCCCC3)[C@@H]1C(CC)C2=CCCC(=O)O. The number of ether oxygens (including phenoxy) is 1. The molecular formula is C27H42O5. The first kappa shape index (κ1) is 25.3. The van der Waals surface area contributed by atoms with Crippen LogP contribution in [0.4, 0.5) is 0 Å². The molecule has 0 amide bonds. The van der Waals surface area contributed by atoms with Crippen molar-refractivity contribution in [1.29, 1.82) is 0 Å². The normalized spacial score (nSPS) is 34.8. The number of carbonyl (C=O) groups is 1. The van der Waals surface area contributed by atoms with Crippen LogP contribution in [-0.4, -0.2) is 45.7 Å². The van der Waals surface area contributed by atoms with E-state index in [-0.39, 0.29) is 30.1 Å². The summed E-state index contributed by atoms with van der Waals surface area (Å²) in [7, 11) is 0. The van der Waals surface area contributed by atoms with Crippen LogP contribution in [-0.2, 0) is 9.53 Å². The number of carboxylic acids is 1. The van der Waals surface area contributed by atoms with Gasteiger partial charge in [0.1, 0.15) is 6.10 Å². The van der Waals surface area contributed by atoms with Gasteiger partial charge < -0.3 is 20.1 Å². The minimum absolute atomic E-state index is 0.0928. The minimum atomic E-state index is -0.786. The zero-order chi connectivity index (χ0) is 23.1. The van der Waals surface area contributed by atoms with Gasteiger partial charge in [0.05, 0.1) is 17.6 Å². The fourth-order valence-corrected chi connectivity index (χ4v) is 6.30. The van der Waals surface area contributed by atoms with Gasteiger partial charge in [0.15, 0.2) is 0 Å². The molecule has 0 aromatic heterocycles. The van der Waals surface area contributed by atoms with Crippen molar-refractivity contribution in [2.45, 2.75) is 109 Å². The molecule has 32 heavy (non-hydrogen) atoms. The Balaban J connectivity index is 1.84. The smallest absolute Gasteiger partial charge is 0.303 e. The number of aliphatic hydroxyl groups excluding tert-OH is 2. The number of fused-ring (bicyclic) bond motifs is 1. The number of unbranched alkanes of at least 4 members (excludes halogenated alkanes) is 1. The Morgan fingerprint density at radius 1 is 1.25 bits per heavy atom. The van der Waals surface area contributed by atoms with Gasteiger partial charge >= 0.3 is 5.97 Å². The molecule has 3 N–H and O–H groups in total. The van der Waals surface area contributed by atoms with Crippen LogP contribution < -0.4 is 0 Å². The van der Waals surface area contributed by atoms with E-state index in [9.17, 15) is 15.0 Å². The first-order valence-corrected chi connectivity index (χ1v) is 12.9. The molecule has 2 unspecified atom stereocenters. The van der Waals surface area contributed by atoms with E-state index in [0.717, 1.165) is 51.4 Å². The Bertz CT molecular complexity index is 713. The van der Waals surface area contributed by atoms with Crippen molar-refractivity contribution in [1.82, 2.24) is 0 Å². The summed E-state index contributed by atoms with van der Waals surface area (Å²) in [5.74, 6) is 6.03. The van der Waals surface area contributed by atoms with Crippen molar-refractivity contribution >= 4 is 5.97 Å². The molecule has 3 aliphatic carbocycles. The molecule has 0 aliphatic heterocycles. The summed E-state index contributed by atoms with van der Waals surface area (Å²) < 4.78 is 6.56. The van der Waals surface area contributed by atoms with Crippen molar-refractivity contribution in [3.05, 3.63) is 11.6 Å². The molecule has 0 heterocycles. The van der Waals surface area contributed by atoms with Gasteiger partial charge in [-0.25, -0.2) is 0 Å². The highest BCUT2D eigenvalue weighted by Gasteiger charge is 2.63. The fourth-order valence-electron chi connectivity index (χ4n) is 6.30. The third-order valence-electron chi connectivity index (χ3n) is 7.99. The average Bonchev–Trinajstić information content (AvgIpc) is 2.79. The van der Waals surface area contributed by atoms with Crippen LogP contribution in [0.3, 0.4) is 0 Å². The number of aliphatic hydroxyl groups is 2. The van der Waals surface area contributed by atoms with Gasteiger partial charge in [-0.15, -0.1) is 0 Å². The molecule has 5 heteroatoms. The second kappa shape index (κ2) is 11.7. The van der Waals surface area contributed by atoms with Gasteiger partial charge in [-0.3, -0.25) is 4.79 Å². The first-order chi connectivity index (χ1) is 15.4. The summed E-state index contributed by atoms with van der Waals surface area (Å²) in [6, 6.07) is 0. The Kier molecular flexibility index (Phi) is 9.22. The van der Waals surface area contributed by atoms with Gasteiger partial charge in [0, 0.05) is 18.9 Å². The summed E-state index contributed by atoms with van der Waals surface area (Å²) in [6.07, 6.45) is 11.5. The van der Waals surface area contributed by atoms with Crippen molar-refractivity contribution in [3.8, 4) is 11.8 Å². The highest BCUT2D eigenvalue weighted by Crippen LogP contribution is 2.61. The third kappa shape index (κ3) is 5.41. The summed E-state index contributed by atoms with van der Waals surface area (Å²) >= 11 is 0. The lowest BCUT2D eigenvalue weighted by Crippen LogP contribution is -2.65. The Morgan fingerprint density at radius 3 is 2.66 bits per heavy atom. The Morgan fingerprint density at radius 2 is 2.00 bits per heavy atom. The van der Waals surface area contributed by atoms with Crippen molar-refractivity contribution in [2.75, 3.05) is 6.61 Å². The quantitative estimate of drug-likeness (QED) is 0.271. The molecule has 0 spiro atoms. The van der Waals surface area contributed by atoms with E-state index in [1.54, 1.807) is 0 Å². The lowest BCUT2D eigenvalue weighted by atomic mass is 9.47. The highest BCUT2D eigenvalue weighted by molar-refractivity contribution is 5.66. The number of allylic oxidation sites excluding steroid dienone is 1. The topological polar surface area (TPSA) is 87.0 Å². The number of carboxylic acid groups (broad SMARTS) is 1. The van der Waals surface area contributed by atoms with Crippen LogP contribution in [0.5, 0.6) is 0 Å². The summed E-state index contributed by atoms with van der Waals surface area (Å²) in [6.45, 7) is 4.96. The van der Waals surface area contributed by atoms with E-state index < -0.39 is 23.8 Å². The van der Waals surface area contributed by atoms with Crippen molar-refractivity contribution in [3.63, 3.8) is 0 Å². The maximum atomic E-state index is 11.1. The van der Waals surface area contributed by atoms with E-state index in [4.69, 9.17) is 9.84 Å². The fraction of sp³-hybridized carbons (Fsp3) is 0.815. The average molecular weight is 447 g/mol. The third-order valence-corrected chi connectivity index (χ3v) is 7.99. The molecule has 0 bridgehead atoms. The molecule has 3 saturated carbocycles. The van der Waals surface area contributed by atoms with E-state index in [0.29, 0.717) is 19.4 Å². The predicted octanol–water partition coefficient (Wildman–Crippen LogP) is 4.70. The van der Waals surface area contributed by atoms with Crippen LogP contribution in [0.15, 0.2) is 11.6 Å². The Labute approximate surface area is 193 Å². The molecular weight excluding hydrogens is 404 g/mol. The van der Waals surface area contributed by atoms with Gasteiger partial charge in [0.25, 0.3) is 0 Å². The minimum Gasteiger partial charge on any atom is -0.481 e. The van der Waals surface area contributed by atoms with E-state index in [1.807, 2.05) is 0 Å². The van der Waals surface area contributed by atoms with E-state index in [1.165, 1.54) is 12.0 Å². The first-order valence-electron chi connectivity index (χ1n) is 12.9. The van der Waals surface area contributed by atoms with Crippen molar-refractivity contribution < 1.29 is 24.9 Å². The van der Waals surface area contributed by atoms with Crippen LogP contribution in [0.1, 0.15) is 90.9 Å². The van der Waals surface area contributed by atoms with Crippen molar-refractivity contribution in [2.24, 2.45) is 23.7 Å². The van der Waals surface area contributed by atoms with Gasteiger partial charge in [-0.2, -0.15) is 0 Å². The molecule has 3 fully saturated rings. The largest absolute Gasteiger partial charge is 0.481 e. The van der Waals surface area contributed by atoms with Gasteiger partial charge in [-0.1, -0.05) is 57.4 Å². The predicted molar refractivity (Wildman–Crippen MR) is 125 cm³/mol. The number of hydrogen-bond donors (Lipinski definition) is 3. The maximum Gasteiger partial charge on any atom is 0.303 e. The molecule has 6 atom stereocenters. The number of rotatable bonds is 9. The summed E-state index contributed by atoms with van der Waals surface area (Å²) in [4.78, 5) is 11.1. The van der Waals surface area contributed by atoms with E-state index in [2.05, 4.69) is 31.8 Å². The number of aliphatic carboxylic acids is 1. The zero-order valence-electron chi connectivity index (χ0n) is 19.9. The molecule has 180 valence electrons. The van der Waals surface area contributed by atoms with Gasteiger partial charge in [-0.05, 0) is 62.4 Å². The molecule has 0 saturated heterocycles. The zero-order valence-corrected chi connectivity index (χ0v) is 19.9. The van der Waals surface area contributed by atoms with Gasteiger partial charge in [0.2, 0.25) is 0 Å². The molecule has 5 nitrogen and oxygen atoms in total.